The van der Waals surface area contributed by atoms with Gasteiger partial charge in [0.15, 0.2) is 0 Å². The standard InChI is InChI=1S/C13H13N3O2/c1-18-12-5-4-9(14)7-11(12)13(17)16-10-3-2-6-15-8-10/h2-8H,14H2,1H3,(H,16,17). The molecule has 0 bridgehead atoms. The van der Waals surface area contributed by atoms with Crippen molar-refractivity contribution in [2.24, 2.45) is 0 Å². The zero-order chi connectivity index (χ0) is 13.0. The molecule has 92 valence electrons. The summed E-state index contributed by atoms with van der Waals surface area (Å²) in [6.45, 7) is 0. The third-order valence-electron chi connectivity index (χ3n) is 2.39. The Kier molecular flexibility index (Phi) is 3.43. The van der Waals surface area contributed by atoms with Crippen LogP contribution in [0, 0.1) is 0 Å². The van der Waals surface area contributed by atoms with E-state index in [4.69, 9.17) is 10.5 Å². The molecule has 1 heterocycles. The molecule has 0 fully saturated rings. The topological polar surface area (TPSA) is 77.2 Å². The minimum Gasteiger partial charge on any atom is -0.496 e. The summed E-state index contributed by atoms with van der Waals surface area (Å²) in [5.41, 5.74) is 7.18. The van der Waals surface area contributed by atoms with E-state index in [2.05, 4.69) is 10.3 Å². The number of methoxy groups -OCH3 is 1. The van der Waals surface area contributed by atoms with Gasteiger partial charge < -0.3 is 15.8 Å². The van der Waals surface area contributed by atoms with Gasteiger partial charge in [-0.3, -0.25) is 9.78 Å². The van der Waals surface area contributed by atoms with Crippen molar-refractivity contribution in [1.29, 1.82) is 0 Å². The molecule has 2 aromatic rings. The van der Waals surface area contributed by atoms with Gasteiger partial charge in [-0.05, 0) is 30.3 Å². The lowest BCUT2D eigenvalue weighted by Crippen LogP contribution is -2.13. The summed E-state index contributed by atoms with van der Waals surface area (Å²) in [4.78, 5) is 16.0. The van der Waals surface area contributed by atoms with E-state index in [1.165, 1.54) is 7.11 Å². The van der Waals surface area contributed by atoms with Crippen LogP contribution >= 0.6 is 0 Å². The van der Waals surface area contributed by atoms with Crippen molar-refractivity contribution in [1.82, 2.24) is 4.98 Å². The minimum absolute atomic E-state index is 0.285. The van der Waals surface area contributed by atoms with Crippen molar-refractivity contribution >= 4 is 17.3 Å². The van der Waals surface area contributed by atoms with Gasteiger partial charge in [-0.25, -0.2) is 0 Å². The van der Waals surface area contributed by atoms with Gasteiger partial charge in [0.1, 0.15) is 5.75 Å². The predicted octanol–water partition coefficient (Wildman–Crippen LogP) is 1.92. The number of benzene rings is 1. The van der Waals surface area contributed by atoms with E-state index in [1.807, 2.05) is 0 Å². The highest BCUT2D eigenvalue weighted by Gasteiger charge is 2.12. The van der Waals surface area contributed by atoms with Crippen molar-refractivity contribution in [3.05, 3.63) is 48.3 Å². The van der Waals surface area contributed by atoms with E-state index in [9.17, 15) is 4.79 Å². The number of amides is 1. The summed E-state index contributed by atoms with van der Waals surface area (Å²) in [7, 11) is 1.51. The van der Waals surface area contributed by atoms with Gasteiger partial charge in [0.05, 0.1) is 24.6 Å². The summed E-state index contributed by atoms with van der Waals surface area (Å²) in [5, 5.41) is 2.72. The fraction of sp³-hybridized carbons (Fsp3) is 0.0769. The molecule has 0 spiro atoms. The van der Waals surface area contributed by atoms with Crippen LogP contribution < -0.4 is 15.8 Å². The van der Waals surface area contributed by atoms with Gasteiger partial charge in [-0.1, -0.05) is 0 Å². The number of carbonyl (C=O) groups is 1. The first-order valence-corrected chi connectivity index (χ1v) is 5.35. The molecule has 0 aliphatic rings. The third-order valence-corrected chi connectivity index (χ3v) is 2.39. The Morgan fingerprint density at radius 2 is 2.22 bits per heavy atom. The highest BCUT2D eigenvalue weighted by Crippen LogP contribution is 2.22. The van der Waals surface area contributed by atoms with Gasteiger partial charge in [0.2, 0.25) is 0 Å². The van der Waals surface area contributed by atoms with Crippen LogP contribution in [0.25, 0.3) is 0 Å². The minimum atomic E-state index is -0.285. The lowest BCUT2D eigenvalue weighted by Gasteiger charge is -2.09. The molecule has 5 heteroatoms. The average molecular weight is 243 g/mol. The monoisotopic (exact) mass is 243 g/mol. The maximum atomic E-state index is 12.1. The van der Waals surface area contributed by atoms with E-state index in [-0.39, 0.29) is 5.91 Å². The van der Waals surface area contributed by atoms with E-state index >= 15 is 0 Å². The first kappa shape index (κ1) is 11.9. The number of nitrogens with zero attached hydrogens (tertiary/aromatic N) is 1. The van der Waals surface area contributed by atoms with Crippen LogP contribution in [0.1, 0.15) is 10.4 Å². The van der Waals surface area contributed by atoms with Crippen molar-refractivity contribution in [3.63, 3.8) is 0 Å². The molecule has 1 amide bonds. The van der Waals surface area contributed by atoms with Crippen LogP contribution in [-0.2, 0) is 0 Å². The van der Waals surface area contributed by atoms with Gasteiger partial charge in [-0.2, -0.15) is 0 Å². The average Bonchev–Trinajstić information content (AvgIpc) is 2.40. The SMILES string of the molecule is COc1ccc(N)cc1C(=O)Nc1cccnc1. The molecule has 0 saturated heterocycles. The van der Waals surface area contributed by atoms with Gasteiger partial charge >= 0.3 is 0 Å². The second kappa shape index (κ2) is 5.18. The molecule has 2 rings (SSSR count). The molecule has 1 aromatic heterocycles. The van der Waals surface area contributed by atoms with Gasteiger partial charge in [0, 0.05) is 11.9 Å². The van der Waals surface area contributed by atoms with Crippen LogP contribution in [0.15, 0.2) is 42.7 Å². The van der Waals surface area contributed by atoms with E-state index in [1.54, 1.807) is 42.7 Å². The van der Waals surface area contributed by atoms with Crippen LogP contribution in [0.4, 0.5) is 11.4 Å². The summed E-state index contributed by atoms with van der Waals surface area (Å²) in [5.74, 6) is 0.192. The van der Waals surface area contributed by atoms with Crippen molar-refractivity contribution in [2.45, 2.75) is 0 Å². The molecular formula is C13H13N3O2. The first-order valence-electron chi connectivity index (χ1n) is 5.35. The molecule has 1 aromatic carbocycles. The largest absolute Gasteiger partial charge is 0.496 e. The fourth-order valence-electron chi connectivity index (χ4n) is 1.54. The van der Waals surface area contributed by atoms with Gasteiger partial charge in [-0.15, -0.1) is 0 Å². The predicted molar refractivity (Wildman–Crippen MR) is 69.6 cm³/mol. The summed E-state index contributed by atoms with van der Waals surface area (Å²) < 4.78 is 5.13. The third kappa shape index (κ3) is 2.57. The summed E-state index contributed by atoms with van der Waals surface area (Å²) >= 11 is 0. The number of rotatable bonds is 3. The van der Waals surface area contributed by atoms with Crippen LogP contribution in [0.3, 0.4) is 0 Å². The number of nitrogens with two attached hydrogens (primary N) is 1. The zero-order valence-corrected chi connectivity index (χ0v) is 9.88. The molecule has 0 atom stereocenters. The molecule has 0 aliphatic carbocycles. The highest BCUT2D eigenvalue weighted by molar-refractivity contribution is 6.06. The summed E-state index contributed by atoms with van der Waals surface area (Å²) in [6.07, 6.45) is 3.20. The number of aromatic nitrogens is 1. The van der Waals surface area contributed by atoms with Crippen molar-refractivity contribution in [3.8, 4) is 5.75 Å². The van der Waals surface area contributed by atoms with E-state index in [0.717, 1.165) is 0 Å². The van der Waals surface area contributed by atoms with E-state index in [0.29, 0.717) is 22.7 Å². The molecular weight excluding hydrogens is 230 g/mol. The Morgan fingerprint density at radius 1 is 1.39 bits per heavy atom. The molecule has 18 heavy (non-hydrogen) atoms. The van der Waals surface area contributed by atoms with Crippen molar-refractivity contribution < 1.29 is 9.53 Å². The second-order valence-electron chi connectivity index (χ2n) is 3.66. The number of ether oxygens (including phenoxy) is 1. The van der Waals surface area contributed by atoms with Gasteiger partial charge in [0.25, 0.3) is 5.91 Å². The number of anilines is 2. The Hall–Kier alpha value is -2.56. The first-order chi connectivity index (χ1) is 8.70. The lowest BCUT2D eigenvalue weighted by molar-refractivity contribution is 0.102. The number of nitrogen functional groups attached to an aromatic ring is 1. The maximum absolute atomic E-state index is 12.1. The number of hydrogen-bond donors (Lipinski definition) is 2. The molecule has 0 saturated carbocycles. The molecule has 0 radical (unpaired) electrons. The molecule has 0 aliphatic heterocycles. The van der Waals surface area contributed by atoms with Crippen molar-refractivity contribution in [2.75, 3.05) is 18.2 Å². The Morgan fingerprint density at radius 3 is 2.89 bits per heavy atom. The zero-order valence-electron chi connectivity index (χ0n) is 9.88. The number of carbonyl (C=O) groups excluding carboxylic acids is 1. The number of pyridine rings is 1. The molecule has 5 nitrogen and oxygen atoms in total. The Bertz CT molecular complexity index is 555. The lowest BCUT2D eigenvalue weighted by atomic mass is 10.1. The van der Waals surface area contributed by atoms with Crippen LogP contribution in [0.5, 0.6) is 5.75 Å². The number of nitrogens with one attached hydrogen (secondary N) is 1. The molecule has 3 N–H and O–H groups in total. The smallest absolute Gasteiger partial charge is 0.259 e. The highest BCUT2D eigenvalue weighted by atomic mass is 16.5. The number of hydrogen-bond acceptors (Lipinski definition) is 4. The maximum Gasteiger partial charge on any atom is 0.259 e. The Labute approximate surface area is 105 Å². The van der Waals surface area contributed by atoms with Crippen LogP contribution in [0.2, 0.25) is 0 Å². The van der Waals surface area contributed by atoms with Crippen LogP contribution in [-0.4, -0.2) is 18.0 Å². The quantitative estimate of drug-likeness (QED) is 0.807. The Balaban J connectivity index is 2.26. The molecule has 0 unspecified atom stereocenters. The normalized spacial score (nSPS) is 9.83. The van der Waals surface area contributed by atoms with E-state index < -0.39 is 0 Å². The fourth-order valence-corrected chi connectivity index (χ4v) is 1.54. The summed E-state index contributed by atoms with van der Waals surface area (Å²) in [6, 6.07) is 8.41. The second-order valence-corrected chi connectivity index (χ2v) is 3.66.